The van der Waals surface area contributed by atoms with E-state index < -0.39 is 8.07 Å². The summed E-state index contributed by atoms with van der Waals surface area (Å²) in [7, 11) is -0.911. The maximum absolute atomic E-state index is 11.3. The molecule has 0 unspecified atom stereocenters. The van der Waals surface area contributed by atoms with E-state index >= 15 is 0 Å². The number of nitrogens with zero attached hydrogens (tertiary/aromatic N) is 1. The van der Waals surface area contributed by atoms with Crippen LogP contribution in [0.25, 0.3) is 0 Å². The average Bonchev–Trinajstić information content (AvgIpc) is 2.56. The molecule has 0 spiro atoms. The van der Waals surface area contributed by atoms with Crippen molar-refractivity contribution in [3.8, 4) is 0 Å². The first-order valence-corrected chi connectivity index (χ1v) is 9.97. The molecule has 1 amide bonds. The zero-order chi connectivity index (χ0) is 12.0. The third-order valence-corrected chi connectivity index (χ3v) is 4.16. The van der Waals surface area contributed by atoms with Gasteiger partial charge in [-0.1, -0.05) is 31.8 Å². The lowest BCUT2D eigenvalue weighted by molar-refractivity contribution is -0.440. The van der Waals surface area contributed by atoms with Gasteiger partial charge in [-0.25, -0.2) is 4.79 Å². The third-order valence-electron chi connectivity index (χ3n) is 2.69. The maximum Gasteiger partial charge on any atom is 0.387 e. The van der Waals surface area contributed by atoms with Crippen molar-refractivity contribution in [2.24, 2.45) is 0 Å². The minimum Gasteiger partial charge on any atom is -0.220 e. The number of hydrogen-bond donors (Lipinski definition) is 0. The van der Waals surface area contributed by atoms with Crippen LogP contribution in [0, 0.1) is 0 Å². The van der Waals surface area contributed by atoms with Crippen LogP contribution in [0.2, 0.25) is 25.7 Å². The van der Waals surface area contributed by atoms with Gasteiger partial charge in [-0.05, 0) is 12.5 Å². The molecule has 1 aliphatic rings. The van der Waals surface area contributed by atoms with Crippen LogP contribution in [0.4, 0.5) is 0 Å². The van der Waals surface area contributed by atoms with Crippen molar-refractivity contribution in [3.63, 3.8) is 0 Å². The summed E-state index contributed by atoms with van der Waals surface area (Å²) in [4.78, 5) is 11.3. The van der Waals surface area contributed by atoms with E-state index in [4.69, 9.17) is 0 Å². The van der Waals surface area contributed by atoms with Crippen LogP contribution in [-0.4, -0.2) is 31.3 Å². The number of allylic oxidation sites excluding steroid dienone is 2. The molecule has 0 saturated heterocycles. The van der Waals surface area contributed by atoms with Crippen LogP contribution in [0.5, 0.6) is 0 Å². The summed E-state index contributed by atoms with van der Waals surface area (Å²) in [5.74, 6) is 0.297. The molecule has 0 aliphatic carbocycles. The minimum atomic E-state index is -0.911. The van der Waals surface area contributed by atoms with Crippen molar-refractivity contribution in [3.05, 3.63) is 12.2 Å². The molecular formula is C13H24NOSi+. The Hall–Kier alpha value is -0.703. The average molecular weight is 238 g/mol. The Morgan fingerprint density at radius 3 is 2.69 bits per heavy atom. The molecule has 0 aromatic heterocycles. The molecule has 0 aromatic carbocycles. The second-order valence-corrected chi connectivity index (χ2v) is 11.2. The first kappa shape index (κ1) is 13.4. The van der Waals surface area contributed by atoms with Gasteiger partial charge in [0.1, 0.15) is 6.21 Å². The van der Waals surface area contributed by atoms with E-state index in [0.717, 1.165) is 25.8 Å². The molecule has 16 heavy (non-hydrogen) atoms. The summed E-state index contributed by atoms with van der Waals surface area (Å²) >= 11 is 0. The highest BCUT2D eigenvalue weighted by molar-refractivity contribution is 6.76. The molecular weight excluding hydrogens is 214 g/mol. The van der Waals surface area contributed by atoms with Gasteiger partial charge < -0.3 is 0 Å². The van der Waals surface area contributed by atoms with Gasteiger partial charge >= 0.3 is 5.91 Å². The largest absolute Gasteiger partial charge is 0.387 e. The molecule has 3 heteroatoms. The fraction of sp³-hybridized carbons (Fsp3) is 0.692. The number of rotatable bonds is 6. The molecule has 0 radical (unpaired) electrons. The lowest BCUT2D eigenvalue weighted by Gasteiger charge is -2.11. The van der Waals surface area contributed by atoms with Crippen molar-refractivity contribution in [2.75, 3.05) is 6.54 Å². The molecule has 90 valence electrons. The quantitative estimate of drug-likeness (QED) is 0.301. The van der Waals surface area contributed by atoms with Crippen molar-refractivity contribution in [1.29, 1.82) is 0 Å². The Morgan fingerprint density at radius 2 is 2.12 bits per heavy atom. The maximum atomic E-state index is 11.3. The van der Waals surface area contributed by atoms with Crippen LogP contribution in [0.15, 0.2) is 12.2 Å². The third kappa shape index (κ3) is 5.40. The topological polar surface area (TPSA) is 20.1 Å². The first-order chi connectivity index (χ1) is 7.49. The Morgan fingerprint density at radius 1 is 1.38 bits per heavy atom. The summed E-state index contributed by atoms with van der Waals surface area (Å²) in [6.45, 7) is 8.05. The highest BCUT2D eigenvalue weighted by atomic mass is 28.3. The van der Waals surface area contributed by atoms with Crippen LogP contribution < -0.4 is 0 Å². The van der Waals surface area contributed by atoms with Gasteiger partial charge in [-0.15, -0.1) is 0 Å². The van der Waals surface area contributed by atoms with Crippen LogP contribution in [-0.2, 0) is 4.79 Å². The van der Waals surface area contributed by atoms with Gasteiger partial charge in [0, 0.05) is 20.9 Å². The minimum absolute atomic E-state index is 0.297. The Labute approximate surface area is 100 Å². The van der Waals surface area contributed by atoms with Crippen molar-refractivity contribution < 1.29 is 9.37 Å². The van der Waals surface area contributed by atoms with E-state index in [9.17, 15) is 4.79 Å². The molecule has 1 rings (SSSR count). The molecule has 0 fully saturated rings. The fourth-order valence-corrected chi connectivity index (χ4v) is 2.61. The van der Waals surface area contributed by atoms with Gasteiger partial charge in [0.2, 0.25) is 0 Å². The molecule has 0 atom stereocenters. The number of amides is 1. The van der Waals surface area contributed by atoms with Crippen molar-refractivity contribution >= 4 is 20.2 Å². The van der Waals surface area contributed by atoms with Gasteiger partial charge in [-0.3, -0.25) is 0 Å². The molecule has 1 aliphatic heterocycles. The summed E-state index contributed by atoms with van der Waals surface area (Å²) < 4.78 is 1.88. The molecule has 0 aromatic rings. The summed E-state index contributed by atoms with van der Waals surface area (Å²) in [5.41, 5.74) is 0. The van der Waals surface area contributed by atoms with Crippen LogP contribution in [0.3, 0.4) is 0 Å². The smallest absolute Gasteiger partial charge is 0.220 e. The van der Waals surface area contributed by atoms with Crippen LogP contribution in [0.1, 0.15) is 25.7 Å². The van der Waals surface area contributed by atoms with Crippen molar-refractivity contribution in [1.82, 2.24) is 0 Å². The number of unbranched alkanes of at least 4 members (excludes halogenated alkanes) is 1. The van der Waals surface area contributed by atoms with Gasteiger partial charge in [0.05, 0.1) is 6.42 Å². The molecule has 0 bridgehead atoms. The Kier molecular flexibility index (Phi) is 5.12. The Balaban J connectivity index is 2.10. The van der Waals surface area contributed by atoms with Crippen molar-refractivity contribution in [2.45, 2.75) is 51.4 Å². The number of carbonyl (C=O) groups excluding carboxylic acids is 1. The highest BCUT2D eigenvalue weighted by Crippen LogP contribution is 2.09. The summed E-state index contributed by atoms with van der Waals surface area (Å²) in [5, 5.41) is 0. The van der Waals surface area contributed by atoms with Gasteiger partial charge in [0.25, 0.3) is 0 Å². The lowest BCUT2D eigenvalue weighted by Crippen LogP contribution is -2.17. The van der Waals surface area contributed by atoms with E-state index in [1.807, 2.05) is 10.8 Å². The van der Waals surface area contributed by atoms with Crippen LogP contribution >= 0.6 is 0 Å². The SMILES string of the molecule is C[Si](C)(C)CC=CCCC[N+]1=CCCC1=O. The second kappa shape index (κ2) is 6.14. The number of carbonyl (C=O) groups is 1. The van der Waals surface area contributed by atoms with E-state index in [1.54, 1.807) is 0 Å². The van der Waals surface area contributed by atoms with E-state index in [-0.39, 0.29) is 0 Å². The zero-order valence-electron chi connectivity index (χ0n) is 10.8. The molecule has 2 nitrogen and oxygen atoms in total. The fourth-order valence-electron chi connectivity index (χ4n) is 1.74. The standard InChI is InChI=1S/C13H24NOSi/c1-16(2,3)12-7-5-4-6-10-14-11-8-9-13(14)15/h5,7,11H,4,6,8-10,12H2,1-3H3/q+1. The second-order valence-electron chi connectivity index (χ2n) is 5.69. The molecule has 1 heterocycles. The predicted molar refractivity (Wildman–Crippen MR) is 72.0 cm³/mol. The normalized spacial score (nSPS) is 17.2. The molecule has 0 N–H and O–H groups in total. The van der Waals surface area contributed by atoms with E-state index in [0.29, 0.717) is 12.3 Å². The highest BCUT2D eigenvalue weighted by Gasteiger charge is 2.21. The number of hydrogen-bond acceptors (Lipinski definition) is 1. The lowest BCUT2D eigenvalue weighted by atomic mass is 10.3. The summed E-state index contributed by atoms with van der Waals surface area (Å²) in [6.07, 6.45) is 10.5. The van der Waals surface area contributed by atoms with E-state index in [1.165, 1.54) is 6.04 Å². The van der Waals surface area contributed by atoms with Gasteiger partial charge in [0.15, 0.2) is 6.54 Å². The van der Waals surface area contributed by atoms with E-state index in [2.05, 4.69) is 31.8 Å². The summed E-state index contributed by atoms with van der Waals surface area (Å²) in [6, 6.07) is 1.27. The zero-order valence-corrected chi connectivity index (χ0v) is 11.8. The predicted octanol–water partition coefficient (Wildman–Crippen LogP) is 3.06. The van der Waals surface area contributed by atoms with Gasteiger partial charge in [-0.2, -0.15) is 4.58 Å². The Bertz CT molecular complexity index is 300. The first-order valence-electron chi connectivity index (χ1n) is 6.27. The monoisotopic (exact) mass is 238 g/mol. The molecule has 0 saturated carbocycles.